The lowest BCUT2D eigenvalue weighted by Gasteiger charge is -2.09. The van der Waals surface area contributed by atoms with Crippen molar-refractivity contribution in [2.45, 2.75) is 12.5 Å². The number of hydrogen-bond acceptors (Lipinski definition) is 3. The molecule has 0 aliphatic rings. The number of benzene rings is 1. The Morgan fingerprint density at radius 3 is 3.07 bits per heavy atom. The summed E-state index contributed by atoms with van der Waals surface area (Å²) in [5, 5.41) is 0. The van der Waals surface area contributed by atoms with Gasteiger partial charge < -0.3 is 16.5 Å². The van der Waals surface area contributed by atoms with Crippen LogP contribution in [0.4, 0.5) is 0 Å². The van der Waals surface area contributed by atoms with Crippen molar-refractivity contribution in [2.75, 3.05) is 0 Å². The minimum atomic E-state index is -0.396. The van der Waals surface area contributed by atoms with Gasteiger partial charge in [0.25, 0.3) is 0 Å². The summed E-state index contributed by atoms with van der Waals surface area (Å²) in [6, 6.07) is 5.25. The quantitative estimate of drug-likeness (QED) is 0.676. The Hall–Kier alpha value is -1.88. The third-order valence-corrected chi connectivity index (χ3v) is 2.29. The van der Waals surface area contributed by atoms with Gasteiger partial charge in [-0.3, -0.25) is 4.79 Å². The lowest BCUT2D eigenvalue weighted by Crippen LogP contribution is -2.20. The molecule has 1 unspecified atom stereocenters. The molecule has 2 rings (SSSR count). The van der Waals surface area contributed by atoms with Gasteiger partial charge in [-0.2, -0.15) is 0 Å². The van der Waals surface area contributed by atoms with Crippen LogP contribution >= 0.6 is 0 Å². The van der Waals surface area contributed by atoms with Crippen molar-refractivity contribution in [1.29, 1.82) is 0 Å². The highest BCUT2D eigenvalue weighted by Crippen LogP contribution is 2.18. The Morgan fingerprint density at radius 2 is 2.33 bits per heavy atom. The van der Waals surface area contributed by atoms with Crippen LogP contribution in [0.15, 0.2) is 24.5 Å². The Labute approximate surface area is 86.5 Å². The van der Waals surface area contributed by atoms with Gasteiger partial charge in [0.2, 0.25) is 5.91 Å². The molecule has 1 amide bonds. The molecule has 2 aromatic rings. The molecule has 1 aromatic carbocycles. The van der Waals surface area contributed by atoms with Crippen LogP contribution in [-0.2, 0) is 4.79 Å². The molecule has 0 fully saturated rings. The first-order chi connectivity index (χ1) is 7.16. The lowest BCUT2D eigenvalue weighted by atomic mass is 10.0. The first-order valence-corrected chi connectivity index (χ1v) is 4.64. The maximum absolute atomic E-state index is 10.7. The van der Waals surface area contributed by atoms with E-state index >= 15 is 0 Å². The van der Waals surface area contributed by atoms with Crippen LogP contribution in [0.25, 0.3) is 11.0 Å². The summed E-state index contributed by atoms with van der Waals surface area (Å²) in [6.07, 6.45) is 1.77. The van der Waals surface area contributed by atoms with E-state index in [2.05, 4.69) is 9.97 Å². The second kappa shape index (κ2) is 3.70. The van der Waals surface area contributed by atoms with Gasteiger partial charge in [0.1, 0.15) is 0 Å². The van der Waals surface area contributed by atoms with E-state index in [0.29, 0.717) is 0 Å². The van der Waals surface area contributed by atoms with Gasteiger partial charge in [0.15, 0.2) is 0 Å². The first-order valence-electron chi connectivity index (χ1n) is 4.64. The van der Waals surface area contributed by atoms with Crippen LogP contribution < -0.4 is 11.5 Å². The number of hydrogen-bond donors (Lipinski definition) is 3. The first kappa shape index (κ1) is 9.67. The average molecular weight is 204 g/mol. The van der Waals surface area contributed by atoms with Crippen molar-refractivity contribution >= 4 is 16.9 Å². The number of fused-ring (bicyclic) bond motifs is 1. The van der Waals surface area contributed by atoms with E-state index in [-0.39, 0.29) is 12.5 Å². The number of amides is 1. The normalized spacial score (nSPS) is 12.9. The lowest BCUT2D eigenvalue weighted by molar-refractivity contribution is -0.118. The molecule has 1 atom stereocenters. The van der Waals surface area contributed by atoms with Crippen molar-refractivity contribution < 1.29 is 4.79 Å². The Bertz CT molecular complexity index is 491. The number of primary amides is 1. The van der Waals surface area contributed by atoms with E-state index in [1.807, 2.05) is 18.2 Å². The molecule has 0 aliphatic carbocycles. The van der Waals surface area contributed by atoms with Crippen LogP contribution in [-0.4, -0.2) is 15.9 Å². The fourth-order valence-corrected chi connectivity index (χ4v) is 1.52. The molecule has 0 radical (unpaired) electrons. The van der Waals surface area contributed by atoms with E-state index in [1.54, 1.807) is 6.33 Å². The van der Waals surface area contributed by atoms with Crippen molar-refractivity contribution in [3.05, 3.63) is 30.1 Å². The molecule has 5 heteroatoms. The molecule has 0 spiro atoms. The van der Waals surface area contributed by atoms with Gasteiger partial charge in [-0.1, -0.05) is 6.07 Å². The van der Waals surface area contributed by atoms with Gasteiger partial charge >= 0.3 is 0 Å². The van der Waals surface area contributed by atoms with E-state index in [1.165, 1.54) is 0 Å². The molecule has 0 bridgehead atoms. The van der Waals surface area contributed by atoms with Gasteiger partial charge in [-0.15, -0.1) is 0 Å². The number of nitrogens with zero attached hydrogens (tertiary/aromatic N) is 1. The third-order valence-electron chi connectivity index (χ3n) is 2.29. The topological polar surface area (TPSA) is 97.8 Å². The zero-order valence-electron chi connectivity index (χ0n) is 8.10. The number of carbonyl (C=O) groups excluding carboxylic acids is 1. The molecule has 1 heterocycles. The molecular formula is C10H12N4O. The maximum Gasteiger partial charge on any atom is 0.219 e. The van der Waals surface area contributed by atoms with Crippen LogP contribution in [0, 0.1) is 0 Å². The number of nitrogens with one attached hydrogen (secondary N) is 1. The SMILES string of the molecule is NC(=O)CC(N)c1ccc2nc[nH]c2c1. The number of rotatable bonds is 3. The molecular weight excluding hydrogens is 192 g/mol. The highest BCUT2D eigenvalue weighted by atomic mass is 16.1. The predicted molar refractivity (Wildman–Crippen MR) is 56.8 cm³/mol. The number of aromatic nitrogens is 2. The van der Waals surface area contributed by atoms with Crippen LogP contribution in [0.2, 0.25) is 0 Å². The smallest absolute Gasteiger partial charge is 0.219 e. The van der Waals surface area contributed by atoms with Gasteiger partial charge in [0, 0.05) is 12.5 Å². The van der Waals surface area contributed by atoms with E-state index in [0.717, 1.165) is 16.6 Å². The van der Waals surface area contributed by atoms with E-state index in [4.69, 9.17) is 11.5 Å². The van der Waals surface area contributed by atoms with Crippen LogP contribution in [0.5, 0.6) is 0 Å². The Balaban J connectivity index is 2.30. The average Bonchev–Trinajstić information content (AvgIpc) is 2.62. The number of imidazole rings is 1. The molecule has 5 nitrogen and oxygen atoms in total. The zero-order valence-corrected chi connectivity index (χ0v) is 8.10. The number of nitrogens with two attached hydrogens (primary N) is 2. The van der Waals surface area contributed by atoms with Gasteiger partial charge in [-0.05, 0) is 17.7 Å². The summed E-state index contributed by atoms with van der Waals surface area (Å²) < 4.78 is 0. The van der Waals surface area contributed by atoms with Gasteiger partial charge in [0.05, 0.1) is 17.4 Å². The molecule has 0 saturated heterocycles. The van der Waals surface area contributed by atoms with Crippen LogP contribution in [0.3, 0.4) is 0 Å². The maximum atomic E-state index is 10.7. The highest BCUT2D eigenvalue weighted by molar-refractivity contribution is 5.77. The summed E-state index contributed by atoms with van der Waals surface area (Å²) in [4.78, 5) is 17.8. The summed E-state index contributed by atoms with van der Waals surface area (Å²) in [6.45, 7) is 0. The Morgan fingerprint density at radius 1 is 1.53 bits per heavy atom. The molecule has 1 aromatic heterocycles. The second-order valence-corrected chi connectivity index (χ2v) is 3.46. The fraction of sp³-hybridized carbons (Fsp3) is 0.200. The molecule has 78 valence electrons. The van der Waals surface area contributed by atoms with Crippen LogP contribution in [0.1, 0.15) is 18.0 Å². The number of H-pyrrole nitrogens is 1. The molecule has 0 saturated carbocycles. The van der Waals surface area contributed by atoms with Crippen molar-refractivity contribution in [1.82, 2.24) is 9.97 Å². The van der Waals surface area contributed by atoms with E-state index < -0.39 is 5.91 Å². The summed E-state index contributed by atoms with van der Waals surface area (Å²) in [5.41, 5.74) is 13.6. The highest BCUT2D eigenvalue weighted by Gasteiger charge is 2.10. The van der Waals surface area contributed by atoms with Gasteiger partial charge in [-0.25, -0.2) is 4.98 Å². The number of carbonyl (C=O) groups is 1. The van der Waals surface area contributed by atoms with Crippen molar-refractivity contribution in [3.8, 4) is 0 Å². The monoisotopic (exact) mass is 204 g/mol. The minimum absolute atomic E-state index is 0.152. The standard InChI is InChI=1S/C10H12N4O/c11-7(4-10(12)15)6-1-2-8-9(3-6)14-5-13-8/h1-3,5,7H,4,11H2,(H2,12,15)(H,13,14). The summed E-state index contributed by atoms with van der Waals surface area (Å²) in [7, 11) is 0. The van der Waals surface area contributed by atoms with E-state index in [9.17, 15) is 4.79 Å². The fourth-order valence-electron chi connectivity index (χ4n) is 1.52. The summed E-state index contributed by atoms with van der Waals surface area (Å²) in [5.74, 6) is -0.396. The van der Waals surface area contributed by atoms with Crippen molar-refractivity contribution in [2.24, 2.45) is 11.5 Å². The molecule has 5 N–H and O–H groups in total. The minimum Gasteiger partial charge on any atom is -0.370 e. The largest absolute Gasteiger partial charge is 0.370 e. The van der Waals surface area contributed by atoms with Crippen molar-refractivity contribution in [3.63, 3.8) is 0 Å². The third kappa shape index (κ3) is 1.97. The zero-order chi connectivity index (χ0) is 10.8. The predicted octanol–water partition coefficient (Wildman–Crippen LogP) is 0.438. The number of aromatic amines is 1. The Kier molecular flexibility index (Phi) is 2.39. The second-order valence-electron chi connectivity index (χ2n) is 3.46. The molecule has 15 heavy (non-hydrogen) atoms. The summed E-state index contributed by atoms with van der Waals surface area (Å²) >= 11 is 0. The molecule has 0 aliphatic heterocycles.